The van der Waals surface area contributed by atoms with Gasteiger partial charge < -0.3 is 0 Å². The van der Waals surface area contributed by atoms with E-state index < -0.39 is 0 Å². The van der Waals surface area contributed by atoms with Gasteiger partial charge >= 0.3 is 0 Å². The molecule has 0 aromatic carbocycles. The van der Waals surface area contributed by atoms with Crippen LogP contribution in [0, 0.1) is 5.92 Å². The second kappa shape index (κ2) is 5.56. The van der Waals surface area contributed by atoms with E-state index in [0.29, 0.717) is 5.13 Å². The molecule has 1 aromatic rings. The topological polar surface area (TPSA) is 67.1 Å². The van der Waals surface area contributed by atoms with Crippen LogP contribution in [0.2, 0.25) is 0 Å². The summed E-state index contributed by atoms with van der Waals surface area (Å²) in [6.45, 7) is 5.47. The average Bonchev–Trinajstić information content (AvgIpc) is 2.96. The van der Waals surface area contributed by atoms with Crippen LogP contribution in [0.1, 0.15) is 31.2 Å². The van der Waals surface area contributed by atoms with Gasteiger partial charge in [0.05, 0.1) is 6.54 Å². The average molecular weight is 241 g/mol. The van der Waals surface area contributed by atoms with Gasteiger partial charge in [0.25, 0.3) is 0 Å². The van der Waals surface area contributed by atoms with Crippen molar-refractivity contribution in [3.8, 4) is 0 Å². The Kier molecular flexibility index (Phi) is 4.09. The van der Waals surface area contributed by atoms with E-state index in [2.05, 4.69) is 27.4 Å². The van der Waals surface area contributed by atoms with E-state index in [1.165, 1.54) is 37.1 Å². The summed E-state index contributed by atoms with van der Waals surface area (Å²) in [6, 6.07) is 0. The van der Waals surface area contributed by atoms with Crippen LogP contribution in [-0.2, 0) is 6.54 Å². The lowest BCUT2D eigenvalue weighted by atomic mass is 10.3. The molecule has 1 fully saturated rings. The van der Waals surface area contributed by atoms with Gasteiger partial charge in [-0.3, -0.25) is 10.3 Å². The first kappa shape index (κ1) is 11.8. The quantitative estimate of drug-likeness (QED) is 0.558. The zero-order chi connectivity index (χ0) is 11.4. The summed E-state index contributed by atoms with van der Waals surface area (Å²) in [5, 5.41) is 9.81. The fourth-order valence-electron chi connectivity index (χ4n) is 1.78. The van der Waals surface area contributed by atoms with E-state index in [1.807, 2.05) is 0 Å². The molecule has 1 saturated carbocycles. The molecule has 0 saturated heterocycles. The van der Waals surface area contributed by atoms with Crippen molar-refractivity contribution in [3.05, 3.63) is 5.01 Å². The molecule has 3 N–H and O–H groups in total. The highest BCUT2D eigenvalue weighted by Gasteiger charge is 2.24. The van der Waals surface area contributed by atoms with Crippen LogP contribution in [-0.4, -0.2) is 28.2 Å². The van der Waals surface area contributed by atoms with Crippen molar-refractivity contribution in [1.29, 1.82) is 0 Å². The third-order valence-electron chi connectivity index (χ3n) is 2.70. The lowest BCUT2D eigenvalue weighted by Crippen LogP contribution is -2.26. The molecule has 1 aliphatic carbocycles. The fourth-order valence-corrected chi connectivity index (χ4v) is 2.48. The first-order valence-electron chi connectivity index (χ1n) is 5.83. The molecule has 0 amide bonds. The molecular weight excluding hydrogens is 222 g/mol. The number of nitrogens with two attached hydrogens (primary N) is 1. The molecule has 0 atom stereocenters. The summed E-state index contributed by atoms with van der Waals surface area (Å²) in [4.78, 5) is 2.47. The Morgan fingerprint density at radius 3 is 2.88 bits per heavy atom. The number of hydrogen-bond acceptors (Lipinski definition) is 6. The number of aromatic nitrogens is 2. The highest BCUT2D eigenvalue weighted by molar-refractivity contribution is 7.15. The Hall–Kier alpha value is -0.720. The maximum absolute atomic E-state index is 5.29. The summed E-state index contributed by atoms with van der Waals surface area (Å²) in [5.74, 6) is 6.21. The molecule has 1 aliphatic rings. The predicted octanol–water partition coefficient (Wildman–Crippen LogP) is 1.45. The van der Waals surface area contributed by atoms with Crippen molar-refractivity contribution in [2.75, 3.05) is 18.5 Å². The van der Waals surface area contributed by atoms with Gasteiger partial charge in [-0.25, -0.2) is 5.84 Å². The normalized spacial score (nSPS) is 15.7. The lowest BCUT2D eigenvalue weighted by molar-refractivity contribution is 0.254. The number of nitrogens with zero attached hydrogens (tertiary/aromatic N) is 3. The molecule has 1 aromatic heterocycles. The molecule has 16 heavy (non-hydrogen) atoms. The van der Waals surface area contributed by atoms with Gasteiger partial charge in [0.15, 0.2) is 0 Å². The number of nitrogens with one attached hydrogen (secondary N) is 1. The number of hydrogen-bond donors (Lipinski definition) is 2. The molecule has 2 rings (SSSR count). The van der Waals surface area contributed by atoms with Crippen LogP contribution in [0.3, 0.4) is 0 Å². The second-order valence-corrected chi connectivity index (χ2v) is 5.39. The molecule has 0 unspecified atom stereocenters. The molecule has 90 valence electrons. The van der Waals surface area contributed by atoms with Gasteiger partial charge in [0.2, 0.25) is 5.13 Å². The maximum atomic E-state index is 5.29. The van der Waals surface area contributed by atoms with Crippen LogP contribution in [0.5, 0.6) is 0 Å². The van der Waals surface area contributed by atoms with Crippen LogP contribution in [0.25, 0.3) is 0 Å². The van der Waals surface area contributed by atoms with Crippen molar-refractivity contribution in [2.24, 2.45) is 11.8 Å². The first-order chi connectivity index (χ1) is 7.81. The molecule has 0 bridgehead atoms. The van der Waals surface area contributed by atoms with Gasteiger partial charge in [-0.1, -0.05) is 18.3 Å². The van der Waals surface area contributed by atoms with Crippen LogP contribution in [0.15, 0.2) is 0 Å². The summed E-state index contributed by atoms with van der Waals surface area (Å²) < 4.78 is 0. The highest BCUT2D eigenvalue weighted by atomic mass is 32.1. The van der Waals surface area contributed by atoms with Crippen LogP contribution < -0.4 is 11.3 Å². The van der Waals surface area contributed by atoms with Crippen molar-refractivity contribution < 1.29 is 0 Å². The Bertz CT molecular complexity index is 323. The largest absolute Gasteiger partial charge is 0.298 e. The zero-order valence-electron chi connectivity index (χ0n) is 9.65. The lowest BCUT2D eigenvalue weighted by Gasteiger charge is -2.19. The van der Waals surface area contributed by atoms with Gasteiger partial charge in [0, 0.05) is 6.54 Å². The van der Waals surface area contributed by atoms with Crippen LogP contribution >= 0.6 is 11.3 Å². The molecule has 0 radical (unpaired) electrons. The molecule has 0 aliphatic heterocycles. The molecule has 1 heterocycles. The van der Waals surface area contributed by atoms with E-state index in [0.717, 1.165) is 24.0 Å². The number of anilines is 1. The highest BCUT2D eigenvalue weighted by Crippen LogP contribution is 2.30. The van der Waals surface area contributed by atoms with E-state index in [1.54, 1.807) is 0 Å². The Labute approximate surface area is 100 Å². The van der Waals surface area contributed by atoms with E-state index in [9.17, 15) is 0 Å². The van der Waals surface area contributed by atoms with Gasteiger partial charge in [-0.15, -0.1) is 10.2 Å². The van der Waals surface area contributed by atoms with E-state index in [4.69, 9.17) is 5.84 Å². The Balaban J connectivity index is 1.87. The predicted molar refractivity (Wildman–Crippen MR) is 66.0 cm³/mol. The second-order valence-electron chi connectivity index (χ2n) is 4.32. The standard InChI is InChI=1S/C10H19N5S/c1-2-5-15(6-8-3-4-8)7-9-13-14-10(12-11)16-9/h8H,2-7,11H2,1H3,(H,12,14). The Morgan fingerprint density at radius 2 is 2.31 bits per heavy atom. The summed E-state index contributed by atoms with van der Waals surface area (Å²) in [5.41, 5.74) is 2.53. The first-order valence-corrected chi connectivity index (χ1v) is 6.64. The number of rotatable bonds is 7. The monoisotopic (exact) mass is 241 g/mol. The number of hydrazine groups is 1. The van der Waals surface area contributed by atoms with Crippen molar-refractivity contribution >= 4 is 16.5 Å². The molecule has 6 heteroatoms. The Morgan fingerprint density at radius 1 is 1.50 bits per heavy atom. The summed E-state index contributed by atoms with van der Waals surface area (Å²) in [7, 11) is 0. The van der Waals surface area contributed by atoms with E-state index in [-0.39, 0.29) is 0 Å². The SMILES string of the molecule is CCCN(Cc1nnc(NN)s1)CC1CC1. The minimum absolute atomic E-state index is 0.692. The maximum Gasteiger partial charge on any atom is 0.219 e. The zero-order valence-corrected chi connectivity index (χ0v) is 10.5. The molecule has 5 nitrogen and oxygen atoms in total. The van der Waals surface area contributed by atoms with Gasteiger partial charge in [-0.05, 0) is 31.7 Å². The third kappa shape index (κ3) is 3.40. The minimum atomic E-state index is 0.692. The fraction of sp³-hybridized carbons (Fsp3) is 0.800. The van der Waals surface area contributed by atoms with Crippen LogP contribution in [0.4, 0.5) is 5.13 Å². The van der Waals surface area contributed by atoms with Crippen molar-refractivity contribution in [1.82, 2.24) is 15.1 Å². The third-order valence-corrected chi connectivity index (χ3v) is 3.54. The summed E-state index contributed by atoms with van der Waals surface area (Å²) in [6.07, 6.45) is 3.98. The smallest absolute Gasteiger partial charge is 0.219 e. The molecule has 0 spiro atoms. The van der Waals surface area contributed by atoms with Crippen molar-refractivity contribution in [2.45, 2.75) is 32.7 Å². The number of nitrogen functional groups attached to an aromatic ring is 1. The van der Waals surface area contributed by atoms with Gasteiger partial charge in [-0.2, -0.15) is 0 Å². The van der Waals surface area contributed by atoms with Gasteiger partial charge in [0.1, 0.15) is 5.01 Å². The minimum Gasteiger partial charge on any atom is -0.298 e. The van der Waals surface area contributed by atoms with E-state index >= 15 is 0 Å². The summed E-state index contributed by atoms with van der Waals surface area (Å²) >= 11 is 1.53. The van der Waals surface area contributed by atoms with Crippen molar-refractivity contribution in [3.63, 3.8) is 0 Å². The molecular formula is C10H19N5S.